The molecule has 0 amide bonds. The van der Waals surface area contributed by atoms with Crippen molar-refractivity contribution in [2.75, 3.05) is 5.75 Å². The van der Waals surface area contributed by atoms with Crippen molar-refractivity contribution in [1.29, 1.82) is 0 Å². The van der Waals surface area contributed by atoms with Gasteiger partial charge < -0.3 is 4.57 Å². The first-order chi connectivity index (χ1) is 13.5. The number of carbonyl (C=O) groups is 1. The van der Waals surface area contributed by atoms with Crippen LogP contribution in [-0.4, -0.2) is 30.7 Å². The summed E-state index contributed by atoms with van der Waals surface area (Å²) in [7, 11) is 0. The quantitative estimate of drug-likeness (QED) is 0.313. The van der Waals surface area contributed by atoms with Crippen LogP contribution >= 0.6 is 35.0 Å². The molecular formula is C20H16Cl2N4OS. The van der Waals surface area contributed by atoms with Crippen molar-refractivity contribution in [3.8, 4) is 5.69 Å². The summed E-state index contributed by atoms with van der Waals surface area (Å²) >= 11 is 13.9. The third-order valence-corrected chi connectivity index (χ3v) is 5.99. The molecule has 142 valence electrons. The molecule has 1 aromatic carbocycles. The molecule has 5 nitrogen and oxygen atoms in total. The summed E-state index contributed by atoms with van der Waals surface area (Å²) in [5, 5.41) is 10.1. The Balaban J connectivity index is 1.61. The molecule has 0 aliphatic carbocycles. The summed E-state index contributed by atoms with van der Waals surface area (Å²) in [6.07, 6.45) is 1.88. The van der Waals surface area contributed by atoms with Crippen LogP contribution in [0.4, 0.5) is 0 Å². The number of thioether (sulfide) groups is 1. The molecule has 0 aliphatic heterocycles. The Bertz CT molecular complexity index is 1200. The highest BCUT2D eigenvalue weighted by Gasteiger charge is 2.19. The second-order valence-corrected chi connectivity index (χ2v) is 8.13. The molecule has 3 aromatic heterocycles. The molecule has 0 bridgehead atoms. The van der Waals surface area contributed by atoms with E-state index in [0.29, 0.717) is 20.8 Å². The number of Topliss-reactive ketones (excluding diaryl/α,β-unsaturated/α-hetero) is 1. The number of benzene rings is 1. The fourth-order valence-electron chi connectivity index (χ4n) is 3.20. The van der Waals surface area contributed by atoms with Gasteiger partial charge in [0.2, 0.25) is 0 Å². The van der Waals surface area contributed by atoms with E-state index < -0.39 is 0 Å². The van der Waals surface area contributed by atoms with Gasteiger partial charge in [0.15, 0.2) is 16.6 Å². The highest BCUT2D eigenvalue weighted by atomic mass is 35.5. The second kappa shape index (κ2) is 7.62. The summed E-state index contributed by atoms with van der Waals surface area (Å²) in [5.74, 6) is 0.290. The molecule has 0 saturated heterocycles. The van der Waals surface area contributed by atoms with E-state index >= 15 is 0 Å². The Kier molecular flexibility index (Phi) is 5.19. The van der Waals surface area contributed by atoms with Crippen LogP contribution in [0.2, 0.25) is 10.0 Å². The van der Waals surface area contributed by atoms with Gasteiger partial charge in [-0.2, -0.15) is 0 Å². The molecule has 3 heterocycles. The standard InChI is InChI=1S/C20H16Cl2N4OS/c1-12-9-15(13(2)26(12)17-10-14(21)6-7-16(17)22)18(27)11-28-20-24-23-19-5-3-4-8-25(19)20/h3-10H,11H2,1-2H3. The molecule has 0 N–H and O–H groups in total. The number of halogens is 2. The molecule has 0 radical (unpaired) electrons. The average molecular weight is 431 g/mol. The van der Waals surface area contributed by atoms with Crippen LogP contribution in [0.25, 0.3) is 11.3 Å². The molecule has 0 spiro atoms. The summed E-state index contributed by atoms with van der Waals surface area (Å²) in [5.41, 5.74) is 3.93. The lowest BCUT2D eigenvalue weighted by molar-refractivity contribution is 0.102. The van der Waals surface area contributed by atoms with Crippen LogP contribution in [-0.2, 0) is 0 Å². The smallest absolute Gasteiger partial charge is 0.196 e. The lowest BCUT2D eigenvalue weighted by Crippen LogP contribution is -2.06. The number of fused-ring (bicyclic) bond motifs is 1. The fourth-order valence-corrected chi connectivity index (χ4v) is 4.37. The number of carbonyl (C=O) groups excluding carboxylic acids is 1. The number of hydrogen-bond donors (Lipinski definition) is 0. The predicted molar refractivity (Wildman–Crippen MR) is 113 cm³/mol. The van der Waals surface area contributed by atoms with Gasteiger partial charge >= 0.3 is 0 Å². The van der Waals surface area contributed by atoms with E-state index in [1.807, 2.05) is 53.3 Å². The normalized spacial score (nSPS) is 11.3. The Hall–Kier alpha value is -2.28. The summed E-state index contributed by atoms with van der Waals surface area (Å²) < 4.78 is 3.82. The SMILES string of the molecule is Cc1cc(C(=O)CSc2nnc3ccccn23)c(C)n1-c1cc(Cl)ccc1Cl. The van der Waals surface area contributed by atoms with Gasteiger partial charge in [0, 0.05) is 28.2 Å². The fraction of sp³-hybridized carbons (Fsp3) is 0.150. The first-order valence-electron chi connectivity index (χ1n) is 8.56. The van der Waals surface area contributed by atoms with Crippen molar-refractivity contribution < 1.29 is 4.79 Å². The maximum absolute atomic E-state index is 12.9. The van der Waals surface area contributed by atoms with Gasteiger partial charge in [-0.05, 0) is 50.2 Å². The zero-order valence-electron chi connectivity index (χ0n) is 15.2. The predicted octanol–water partition coefficient (Wildman–Crippen LogP) is 5.42. The van der Waals surface area contributed by atoms with E-state index in [9.17, 15) is 4.79 Å². The molecule has 0 saturated carbocycles. The van der Waals surface area contributed by atoms with Gasteiger partial charge in [0.05, 0.1) is 16.5 Å². The van der Waals surface area contributed by atoms with Crippen LogP contribution in [0, 0.1) is 13.8 Å². The monoisotopic (exact) mass is 430 g/mol. The average Bonchev–Trinajstić information content (AvgIpc) is 3.22. The van der Waals surface area contributed by atoms with Crippen molar-refractivity contribution in [3.05, 3.63) is 75.7 Å². The molecule has 0 fully saturated rings. The minimum Gasteiger partial charge on any atom is -0.316 e. The number of aromatic nitrogens is 4. The van der Waals surface area contributed by atoms with Gasteiger partial charge in [-0.25, -0.2) is 0 Å². The second-order valence-electron chi connectivity index (χ2n) is 6.34. The first kappa shape index (κ1) is 19.1. The van der Waals surface area contributed by atoms with Crippen molar-refractivity contribution >= 4 is 46.4 Å². The summed E-state index contributed by atoms with van der Waals surface area (Å²) in [4.78, 5) is 12.9. The number of pyridine rings is 1. The molecular weight excluding hydrogens is 415 g/mol. The highest BCUT2D eigenvalue weighted by molar-refractivity contribution is 7.99. The van der Waals surface area contributed by atoms with E-state index in [0.717, 1.165) is 22.7 Å². The van der Waals surface area contributed by atoms with E-state index in [2.05, 4.69) is 10.2 Å². The lowest BCUT2D eigenvalue weighted by atomic mass is 10.2. The van der Waals surface area contributed by atoms with Gasteiger partial charge in [-0.3, -0.25) is 9.20 Å². The molecule has 0 unspecified atom stereocenters. The largest absolute Gasteiger partial charge is 0.316 e. The molecule has 0 aliphatic rings. The van der Waals surface area contributed by atoms with Crippen LogP contribution in [0.3, 0.4) is 0 Å². The van der Waals surface area contributed by atoms with Crippen LogP contribution < -0.4 is 0 Å². The zero-order chi connectivity index (χ0) is 19.8. The highest BCUT2D eigenvalue weighted by Crippen LogP contribution is 2.30. The topological polar surface area (TPSA) is 52.2 Å². The Morgan fingerprint density at radius 3 is 2.75 bits per heavy atom. The number of rotatable bonds is 5. The van der Waals surface area contributed by atoms with Crippen molar-refractivity contribution in [1.82, 2.24) is 19.2 Å². The number of nitrogens with zero attached hydrogens (tertiary/aromatic N) is 4. The van der Waals surface area contributed by atoms with Gasteiger partial charge in [-0.1, -0.05) is 41.0 Å². The van der Waals surface area contributed by atoms with Crippen LogP contribution in [0.5, 0.6) is 0 Å². The number of aryl methyl sites for hydroxylation is 1. The molecule has 4 aromatic rings. The summed E-state index contributed by atoms with van der Waals surface area (Å²) in [6.45, 7) is 3.86. The van der Waals surface area contributed by atoms with Crippen LogP contribution in [0.15, 0.2) is 53.8 Å². The third-order valence-electron chi connectivity index (χ3n) is 4.50. The van der Waals surface area contributed by atoms with Gasteiger partial charge in [0.25, 0.3) is 0 Å². The van der Waals surface area contributed by atoms with Crippen molar-refractivity contribution in [2.24, 2.45) is 0 Å². The Morgan fingerprint density at radius 1 is 1.11 bits per heavy atom. The van der Waals surface area contributed by atoms with E-state index in [4.69, 9.17) is 23.2 Å². The van der Waals surface area contributed by atoms with E-state index in [1.165, 1.54) is 11.8 Å². The third kappa shape index (κ3) is 3.43. The Morgan fingerprint density at radius 2 is 1.93 bits per heavy atom. The maximum Gasteiger partial charge on any atom is 0.196 e. The van der Waals surface area contributed by atoms with E-state index in [-0.39, 0.29) is 11.5 Å². The van der Waals surface area contributed by atoms with Crippen molar-refractivity contribution in [3.63, 3.8) is 0 Å². The molecule has 8 heteroatoms. The minimum absolute atomic E-state index is 0.0233. The summed E-state index contributed by atoms with van der Waals surface area (Å²) in [6, 6.07) is 12.9. The minimum atomic E-state index is 0.0233. The molecule has 4 rings (SSSR count). The number of ketones is 1. The lowest BCUT2D eigenvalue weighted by Gasteiger charge is -2.12. The molecule has 28 heavy (non-hydrogen) atoms. The zero-order valence-corrected chi connectivity index (χ0v) is 17.5. The van der Waals surface area contributed by atoms with Crippen molar-refractivity contribution in [2.45, 2.75) is 19.0 Å². The van der Waals surface area contributed by atoms with Gasteiger partial charge in [-0.15, -0.1) is 10.2 Å². The van der Waals surface area contributed by atoms with Crippen LogP contribution in [0.1, 0.15) is 21.7 Å². The number of hydrogen-bond acceptors (Lipinski definition) is 4. The van der Waals surface area contributed by atoms with E-state index in [1.54, 1.807) is 18.2 Å². The first-order valence-corrected chi connectivity index (χ1v) is 10.3. The maximum atomic E-state index is 12.9. The van der Waals surface area contributed by atoms with Gasteiger partial charge in [0.1, 0.15) is 0 Å². The Labute approximate surface area is 176 Å². The molecule has 0 atom stereocenters.